The zero-order chi connectivity index (χ0) is 22.1. The number of carbonyl (C=O) groups is 1. The molecule has 1 aliphatic rings. The molecular weight excluding hydrogens is 420 g/mol. The number of hydrogen-bond acceptors (Lipinski definition) is 6. The minimum Gasteiger partial charge on any atom is -0.447 e. The van der Waals surface area contributed by atoms with Gasteiger partial charge < -0.3 is 4.74 Å². The number of benzene rings is 3. The van der Waals surface area contributed by atoms with Crippen LogP contribution in [0.5, 0.6) is 5.88 Å². The molecule has 6 nitrogen and oxygen atoms in total. The summed E-state index contributed by atoms with van der Waals surface area (Å²) in [6.07, 6.45) is 2.37. The van der Waals surface area contributed by atoms with Gasteiger partial charge in [0.2, 0.25) is 23.2 Å². The average Bonchev–Trinajstić information content (AvgIpc) is 2.98. The van der Waals surface area contributed by atoms with Gasteiger partial charge in [0.15, 0.2) is 5.69 Å². The van der Waals surface area contributed by atoms with Crippen molar-refractivity contribution in [1.82, 2.24) is 15.2 Å². The second-order valence-corrected chi connectivity index (χ2v) is 8.33. The Balaban J connectivity index is 1.74. The van der Waals surface area contributed by atoms with Crippen molar-refractivity contribution in [2.45, 2.75) is 31.1 Å². The highest BCUT2D eigenvalue weighted by atomic mass is 32.2. The monoisotopic (exact) mass is 442 g/mol. The van der Waals surface area contributed by atoms with E-state index in [9.17, 15) is 4.79 Å². The third-order valence-corrected chi connectivity index (χ3v) is 6.02. The van der Waals surface area contributed by atoms with E-state index >= 15 is 0 Å². The molecule has 3 aromatic carbocycles. The molecule has 0 bridgehead atoms. The number of thioether (sulfide) groups is 1. The van der Waals surface area contributed by atoms with Crippen LogP contribution in [0.1, 0.15) is 31.6 Å². The Bertz CT molecular complexity index is 1310. The van der Waals surface area contributed by atoms with Crippen LogP contribution < -0.4 is 9.64 Å². The Morgan fingerprint density at radius 3 is 2.62 bits per heavy atom. The summed E-state index contributed by atoms with van der Waals surface area (Å²) >= 11 is 1.40. The normalized spacial score (nSPS) is 14.9. The molecule has 1 unspecified atom stereocenters. The maximum Gasteiger partial charge on any atom is 0.247 e. The number of amides is 1. The fraction of sp³-hybridized carbons (Fsp3) is 0.200. The van der Waals surface area contributed by atoms with Gasteiger partial charge in [0, 0.05) is 17.5 Å². The molecule has 0 N–H and O–H groups in total. The third-order valence-electron chi connectivity index (χ3n) is 5.49. The predicted octanol–water partition coefficient (Wildman–Crippen LogP) is 5.64. The van der Waals surface area contributed by atoms with Crippen LogP contribution in [-0.2, 0) is 4.79 Å². The van der Waals surface area contributed by atoms with Gasteiger partial charge in [0.1, 0.15) is 0 Å². The van der Waals surface area contributed by atoms with Crippen molar-refractivity contribution in [1.29, 1.82) is 0 Å². The van der Waals surface area contributed by atoms with E-state index < -0.39 is 6.23 Å². The Kier molecular flexibility index (Phi) is 5.49. The Morgan fingerprint density at radius 1 is 1.03 bits per heavy atom. The quantitative estimate of drug-likeness (QED) is 0.381. The first-order chi connectivity index (χ1) is 15.7. The van der Waals surface area contributed by atoms with Crippen LogP contribution in [0.4, 0.5) is 5.69 Å². The van der Waals surface area contributed by atoms with E-state index in [1.165, 1.54) is 11.8 Å². The van der Waals surface area contributed by atoms with Crippen molar-refractivity contribution in [3.8, 4) is 17.1 Å². The molecule has 2 heterocycles. The smallest absolute Gasteiger partial charge is 0.247 e. The SMILES string of the molecule is CCCC(=O)N1c2ccccc2-c2nnc(SC)nc2OC1c1ccc2ccccc2c1. The summed E-state index contributed by atoms with van der Waals surface area (Å²) in [4.78, 5) is 19.8. The standard InChI is InChI=1S/C25H22N4O2S/c1-3-8-21(30)29-20-12-7-6-11-19(20)22-23(26-25(32-2)28-27-22)31-24(29)18-14-13-16-9-4-5-10-17(16)15-18/h4-7,9-15,24H,3,8H2,1-2H3. The van der Waals surface area contributed by atoms with Gasteiger partial charge in [-0.3, -0.25) is 9.69 Å². The first-order valence-corrected chi connectivity index (χ1v) is 11.8. The molecule has 0 saturated heterocycles. The van der Waals surface area contributed by atoms with Crippen LogP contribution in [0.15, 0.2) is 71.9 Å². The van der Waals surface area contributed by atoms with E-state index in [0.717, 1.165) is 34.0 Å². The van der Waals surface area contributed by atoms with E-state index in [1.54, 1.807) is 4.90 Å². The highest BCUT2D eigenvalue weighted by Gasteiger charge is 2.35. The number of fused-ring (bicyclic) bond motifs is 4. The van der Waals surface area contributed by atoms with Gasteiger partial charge in [-0.25, -0.2) is 0 Å². The van der Waals surface area contributed by atoms with E-state index in [2.05, 4.69) is 39.4 Å². The fourth-order valence-electron chi connectivity index (χ4n) is 3.98. The molecule has 7 heteroatoms. The van der Waals surface area contributed by atoms with E-state index in [0.29, 0.717) is 23.2 Å². The molecule has 32 heavy (non-hydrogen) atoms. The van der Waals surface area contributed by atoms with Crippen LogP contribution in [0.3, 0.4) is 0 Å². The highest BCUT2D eigenvalue weighted by molar-refractivity contribution is 7.98. The summed E-state index contributed by atoms with van der Waals surface area (Å²) in [6.45, 7) is 2.00. The summed E-state index contributed by atoms with van der Waals surface area (Å²) in [5, 5.41) is 11.4. The molecule has 0 radical (unpaired) electrons. The van der Waals surface area contributed by atoms with Crippen LogP contribution in [-0.4, -0.2) is 27.3 Å². The summed E-state index contributed by atoms with van der Waals surface area (Å²) in [5.41, 5.74) is 2.94. The highest BCUT2D eigenvalue weighted by Crippen LogP contribution is 2.43. The fourth-order valence-corrected chi connectivity index (χ4v) is 4.28. The number of hydrogen-bond donors (Lipinski definition) is 0. The summed E-state index contributed by atoms with van der Waals surface area (Å²) in [7, 11) is 0. The molecular formula is C25H22N4O2S. The Labute approximate surface area is 190 Å². The lowest BCUT2D eigenvalue weighted by Crippen LogP contribution is -2.37. The molecule has 4 aromatic rings. The molecule has 1 amide bonds. The van der Waals surface area contributed by atoms with Crippen LogP contribution in [0.25, 0.3) is 22.0 Å². The van der Waals surface area contributed by atoms with Crippen molar-refractivity contribution in [2.24, 2.45) is 0 Å². The predicted molar refractivity (Wildman–Crippen MR) is 127 cm³/mol. The number of anilines is 1. The lowest BCUT2D eigenvalue weighted by Gasteiger charge is -2.31. The van der Waals surface area contributed by atoms with E-state index in [1.807, 2.05) is 55.6 Å². The number of aromatic nitrogens is 3. The number of nitrogens with zero attached hydrogens (tertiary/aromatic N) is 4. The topological polar surface area (TPSA) is 68.2 Å². The molecule has 0 fully saturated rings. The third kappa shape index (κ3) is 3.58. The molecule has 0 spiro atoms. The maximum atomic E-state index is 13.4. The van der Waals surface area contributed by atoms with Gasteiger partial charge >= 0.3 is 0 Å². The zero-order valence-electron chi connectivity index (χ0n) is 17.9. The average molecular weight is 443 g/mol. The van der Waals surface area contributed by atoms with Gasteiger partial charge in [-0.1, -0.05) is 73.3 Å². The Hall–Kier alpha value is -3.45. The first kappa shape index (κ1) is 20.5. The minimum atomic E-state index is -0.674. The second kappa shape index (κ2) is 8.59. The van der Waals surface area contributed by atoms with Gasteiger partial charge in [-0.15, -0.1) is 10.2 Å². The van der Waals surface area contributed by atoms with Gasteiger partial charge in [-0.2, -0.15) is 4.98 Å². The molecule has 5 rings (SSSR count). The number of para-hydroxylation sites is 1. The molecule has 1 aliphatic heterocycles. The minimum absolute atomic E-state index is 0.0102. The van der Waals surface area contributed by atoms with Crippen molar-refractivity contribution < 1.29 is 9.53 Å². The number of rotatable bonds is 4. The van der Waals surface area contributed by atoms with E-state index in [4.69, 9.17) is 4.74 Å². The van der Waals surface area contributed by atoms with Crippen molar-refractivity contribution >= 4 is 34.1 Å². The molecule has 0 saturated carbocycles. The molecule has 1 aromatic heterocycles. The number of carbonyl (C=O) groups excluding carboxylic acids is 1. The zero-order valence-corrected chi connectivity index (χ0v) is 18.7. The van der Waals surface area contributed by atoms with Crippen LogP contribution in [0.2, 0.25) is 0 Å². The van der Waals surface area contributed by atoms with Crippen molar-refractivity contribution in [3.63, 3.8) is 0 Å². The molecule has 1 atom stereocenters. The van der Waals surface area contributed by atoms with Gasteiger partial charge in [0.25, 0.3) is 0 Å². The number of ether oxygens (including phenoxy) is 1. The van der Waals surface area contributed by atoms with Crippen LogP contribution >= 0.6 is 11.8 Å². The summed E-state index contributed by atoms with van der Waals surface area (Å²) in [6, 6.07) is 22.0. The Morgan fingerprint density at radius 2 is 1.81 bits per heavy atom. The van der Waals surface area contributed by atoms with Gasteiger partial charge in [0.05, 0.1) is 5.69 Å². The van der Waals surface area contributed by atoms with Crippen LogP contribution in [0, 0.1) is 0 Å². The lowest BCUT2D eigenvalue weighted by molar-refractivity contribution is -0.120. The first-order valence-electron chi connectivity index (χ1n) is 10.5. The summed E-state index contributed by atoms with van der Waals surface area (Å²) < 4.78 is 6.48. The van der Waals surface area contributed by atoms with Crippen molar-refractivity contribution in [3.05, 3.63) is 72.3 Å². The maximum absolute atomic E-state index is 13.4. The second-order valence-electron chi connectivity index (χ2n) is 7.56. The molecule has 0 aliphatic carbocycles. The van der Waals surface area contributed by atoms with Gasteiger partial charge in [-0.05, 0) is 35.6 Å². The lowest BCUT2D eigenvalue weighted by atomic mass is 10.0. The largest absolute Gasteiger partial charge is 0.447 e. The van der Waals surface area contributed by atoms with E-state index in [-0.39, 0.29) is 5.91 Å². The molecule has 160 valence electrons. The van der Waals surface area contributed by atoms with Crippen molar-refractivity contribution in [2.75, 3.05) is 11.2 Å². The summed E-state index contributed by atoms with van der Waals surface area (Å²) in [5.74, 6) is 0.366.